The normalized spacial score (nSPS) is 11.9. The van der Waals surface area contributed by atoms with E-state index in [1.165, 1.54) is 5.56 Å². The van der Waals surface area contributed by atoms with Gasteiger partial charge in [-0.25, -0.2) is 0 Å². The summed E-state index contributed by atoms with van der Waals surface area (Å²) < 4.78 is 5.75. The number of benzene rings is 2. The van der Waals surface area contributed by atoms with Crippen LogP contribution in [0.25, 0.3) is 0 Å². The molecule has 0 saturated heterocycles. The summed E-state index contributed by atoms with van der Waals surface area (Å²) in [5.74, 6) is 0.942. The second-order valence-corrected chi connectivity index (χ2v) is 5.98. The van der Waals surface area contributed by atoms with E-state index in [-0.39, 0.29) is 0 Å². The van der Waals surface area contributed by atoms with Gasteiger partial charge >= 0.3 is 0 Å². The Bertz CT molecular complexity index is 571. The Kier molecular flexibility index (Phi) is 8.19. The molecule has 0 aliphatic heterocycles. The topological polar surface area (TPSA) is 33.3 Å². The SMILES string of the molecule is CCCCOc1cccc(NCCNC(CC)c2ccccc2)c1. The van der Waals surface area contributed by atoms with Crippen LogP contribution in [0, 0.1) is 0 Å². The van der Waals surface area contributed by atoms with E-state index in [0.29, 0.717) is 6.04 Å². The number of hydrogen-bond donors (Lipinski definition) is 2. The lowest BCUT2D eigenvalue weighted by molar-refractivity contribution is 0.309. The molecule has 3 heteroatoms. The smallest absolute Gasteiger partial charge is 0.121 e. The maximum absolute atomic E-state index is 5.75. The Labute approximate surface area is 146 Å². The van der Waals surface area contributed by atoms with Crippen LogP contribution < -0.4 is 15.4 Å². The number of nitrogens with one attached hydrogen (secondary N) is 2. The monoisotopic (exact) mass is 326 g/mol. The van der Waals surface area contributed by atoms with Crippen LogP contribution in [0.2, 0.25) is 0 Å². The van der Waals surface area contributed by atoms with E-state index < -0.39 is 0 Å². The first-order chi connectivity index (χ1) is 11.8. The molecule has 0 radical (unpaired) electrons. The molecule has 2 aromatic carbocycles. The van der Waals surface area contributed by atoms with Crippen molar-refractivity contribution in [2.75, 3.05) is 25.0 Å². The van der Waals surface area contributed by atoms with Crippen molar-refractivity contribution in [1.82, 2.24) is 5.32 Å². The zero-order valence-corrected chi connectivity index (χ0v) is 14.9. The third kappa shape index (κ3) is 6.25. The van der Waals surface area contributed by atoms with E-state index in [2.05, 4.69) is 66.9 Å². The molecule has 130 valence electrons. The maximum Gasteiger partial charge on any atom is 0.121 e. The van der Waals surface area contributed by atoms with Gasteiger partial charge in [-0.2, -0.15) is 0 Å². The van der Waals surface area contributed by atoms with Gasteiger partial charge in [-0.15, -0.1) is 0 Å². The lowest BCUT2D eigenvalue weighted by Gasteiger charge is -2.18. The molecule has 0 bridgehead atoms. The summed E-state index contributed by atoms with van der Waals surface area (Å²) in [6, 6.07) is 19.3. The lowest BCUT2D eigenvalue weighted by Crippen LogP contribution is -2.26. The molecular formula is C21H30N2O. The second kappa shape index (κ2) is 10.7. The highest BCUT2D eigenvalue weighted by molar-refractivity contribution is 5.48. The molecule has 2 aromatic rings. The quantitative estimate of drug-likeness (QED) is 0.569. The molecule has 2 N–H and O–H groups in total. The van der Waals surface area contributed by atoms with Crippen LogP contribution >= 0.6 is 0 Å². The van der Waals surface area contributed by atoms with E-state index in [0.717, 1.165) is 50.4 Å². The van der Waals surface area contributed by atoms with Gasteiger partial charge in [-0.3, -0.25) is 0 Å². The van der Waals surface area contributed by atoms with Crippen LogP contribution in [-0.2, 0) is 0 Å². The van der Waals surface area contributed by atoms with E-state index in [1.54, 1.807) is 0 Å². The molecule has 0 amide bonds. The van der Waals surface area contributed by atoms with Gasteiger partial charge in [0.05, 0.1) is 6.61 Å². The van der Waals surface area contributed by atoms with Crippen molar-refractivity contribution in [3.8, 4) is 5.75 Å². The van der Waals surface area contributed by atoms with E-state index in [9.17, 15) is 0 Å². The first kappa shape index (κ1) is 18.3. The molecule has 1 unspecified atom stereocenters. The third-order valence-electron chi connectivity index (χ3n) is 4.06. The maximum atomic E-state index is 5.75. The van der Waals surface area contributed by atoms with Gasteiger partial charge in [-0.05, 0) is 30.5 Å². The molecule has 24 heavy (non-hydrogen) atoms. The van der Waals surface area contributed by atoms with Crippen molar-refractivity contribution in [2.45, 2.75) is 39.2 Å². The van der Waals surface area contributed by atoms with Gasteiger partial charge in [0.1, 0.15) is 5.75 Å². The van der Waals surface area contributed by atoms with Crippen LogP contribution in [0.15, 0.2) is 54.6 Å². The Morgan fingerprint density at radius 2 is 1.79 bits per heavy atom. The summed E-state index contributed by atoms with van der Waals surface area (Å²) in [5.41, 5.74) is 2.46. The molecule has 1 atom stereocenters. The predicted octanol–water partition coefficient (Wildman–Crippen LogP) is 5.02. The fourth-order valence-corrected chi connectivity index (χ4v) is 2.67. The van der Waals surface area contributed by atoms with Crippen molar-refractivity contribution >= 4 is 5.69 Å². The molecule has 0 fully saturated rings. The Morgan fingerprint density at radius 3 is 2.54 bits per heavy atom. The minimum absolute atomic E-state index is 0.414. The summed E-state index contributed by atoms with van der Waals surface area (Å²) in [5, 5.41) is 7.08. The zero-order valence-electron chi connectivity index (χ0n) is 14.9. The van der Waals surface area contributed by atoms with Crippen molar-refractivity contribution in [1.29, 1.82) is 0 Å². The van der Waals surface area contributed by atoms with Crippen LogP contribution in [0.3, 0.4) is 0 Å². The first-order valence-electron chi connectivity index (χ1n) is 9.08. The van der Waals surface area contributed by atoms with Crippen molar-refractivity contribution in [2.24, 2.45) is 0 Å². The van der Waals surface area contributed by atoms with Gasteiger partial charge < -0.3 is 15.4 Å². The van der Waals surface area contributed by atoms with Gasteiger partial charge in [0.2, 0.25) is 0 Å². The average molecular weight is 326 g/mol. The second-order valence-electron chi connectivity index (χ2n) is 5.98. The summed E-state index contributed by atoms with van der Waals surface area (Å²) in [6.45, 7) is 7.00. The molecule has 0 aliphatic carbocycles. The van der Waals surface area contributed by atoms with E-state index in [1.807, 2.05) is 12.1 Å². The number of hydrogen-bond acceptors (Lipinski definition) is 3. The molecule has 0 saturated carbocycles. The van der Waals surface area contributed by atoms with Crippen molar-refractivity contribution in [3.05, 3.63) is 60.2 Å². The molecular weight excluding hydrogens is 296 g/mol. The molecule has 3 nitrogen and oxygen atoms in total. The van der Waals surface area contributed by atoms with E-state index in [4.69, 9.17) is 4.74 Å². The van der Waals surface area contributed by atoms with Crippen molar-refractivity contribution in [3.63, 3.8) is 0 Å². The minimum atomic E-state index is 0.414. The fourth-order valence-electron chi connectivity index (χ4n) is 2.67. The average Bonchev–Trinajstić information content (AvgIpc) is 2.63. The predicted molar refractivity (Wildman–Crippen MR) is 103 cm³/mol. The Hall–Kier alpha value is -2.00. The van der Waals surface area contributed by atoms with Gasteiger partial charge in [0.25, 0.3) is 0 Å². The number of anilines is 1. The number of rotatable bonds is 11. The summed E-state index contributed by atoms with van der Waals surface area (Å²) >= 11 is 0. The highest BCUT2D eigenvalue weighted by Crippen LogP contribution is 2.18. The van der Waals surface area contributed by atoms with Gasteiger partial charge in [0.15, 0.2) is 0 Å². The van der Waals surface area contributed by atoms with Crippen LogP contribution in [-0.4, -0.2) is 19.7 Å². The van der Waals surface area contributed by atoms with Crippen LogP contribution in [0.5, 0.6) is 5.75 Å². The largest absolute Gasteiger partial charge is 0.494 e. The third-order valence-corrected chi connectivity index (χ3v) is 4.06. The fraction of sp³-hybridized carbons (Fsp3) is 0.429. The van der Waals surface area contributed by atoms with E-state index >= 15 is 0 Å². The number of ether oxygens (including phenoxy) is 1. The zero-order chi connectivity index (χ0) is 17.0. The number of unbranched alkanes of at least 4 members (excludes halogenated alkanes) is 1. The Balaban J connectivity index is 1.74. The van der Waals surface area contributed by atoms with Crippen LogP contribution in [0.1, 0.15) is 44.7 Å². The summed E-state index contributed by atoms with van der Waals surface area (Å²) in [4.78, 5) is 0. The molecule has 0 spiro atoms. The first-order valence-corrected chi connectivity index (χ1v) is 9.08. The molecule has 0 heterocycles. The van der Waals surface area contributed by atoms with Crippen LogP contribution in [0.4, 0.5) is 5.69 Å². The summed E-state index contributed by atoms with van der Waals surface area (Å²) in [6.07, 6.45) is 3.34. The lowest BCUT2D eigenvalue weighted by atomic mass is 10.0. The highest BCUT2D eigenvalue weighted by atomic mass is 16.5. The summed E-state index contributed by atoms with van der Waals surface area (Å²) in [7, 11) is 0. The highest BCUT2D eigenvalue weighted by Gasteiger charge is 2.07. The minimum Gasteiger partial charge on any atom is -0.494 e. The molecule has 0 aromatic heterocycles. The van der Waals surface area contributed by atoms with Gasteiger partial charge in [0, 0.05) is 30.9 Å². The Morgan fingerprint density at radius 1 is 0.958 bits per heavy atom. The molecule has 2 rings (SSSR count). The van der Waals surface area contributed by atoms with Gasteiger partial charge in [-0.1, -0.05) is 56.7 Å². The molecule has 0 aliphatic rings. The van der Waals surface area contributed by atoms with Crippen molar-refractivity contribution < 1.29 is 4.74 Å². The standard InChI is InChI=1S/C21H30N2O/c1-3-5-16-24-20-13-9-12-19(17-20)22-14-15-23-21(4-2)18-10-7-6-8-11-18/h6-13,17,21-23H,3-5,14-16H2,1-2H3.